The van der Waals surface area contributed by atoms with Gasteiger partial charge in [-0.25, -0.2) is 15.0 Å². The van der Waals surface area contributed by atoms with Gasteiger partial charge in [-0.05, 0) is 6.92 Å². The number of nitrogens with zero attached hydrogens (tertiary/aromatic N) is 3. The molecule has 144 valence electrons. The van der Waals surface area contributed by atoms with E-state index in [1.165, 1.54) is 11.1 Å². The number of hydrogen-bond acceptors (Lipinski definition) is 6. The lowest BCUT2D eigenvalue weighted by Gasteiger charge is -2.20. The van der Waals surface area contributed by atoms with Crippen molar-refractivity contribution in [3.8, 4) is 22.5 Å². The first-order valence-electron chi connectivity index (χ1n) is 9.72. The molecule has 0 atom stereocenters. The van der Waals surface area contributed by atoms with Crippen LogP contribution in [0.2, 0.25) is 0 Å². The molecule has 2 N–H and O–H groups in total. The van der Waals surface area contributed by atoms with Gasteiger partial charge in [0.15, 0.2) is 5.13 Å². The average Bonchev–Trinajstić information content (AvgIpc) is 3.23. The molecule has 2 aromatic carbocycles. The molecule has 29 heavy (non-hydrogen) atoms. The van der Waals surface area contributed by atoms with Crippen LogP contribution >= 0.6 is 11.3 Å². The van der Waals surface area contributed by atoms with E-state index in [9.17, 15) is 0 Å². The van der Waals surface area contributed by atoms with Crippen molar-refractivity contribution < 1.29 is 0 Å². The Labute approximate surface area is 173 Å². The highest BCUT2D eigenvalue weighted by atomic mass is 32.1. The highest BCUT2D eigenvalue weighted by Gasteiger charge is 2.19. The fraction of sp³-hybridized carbons (Fsp3) is 0.174. The van der Waals surface area contributed by atoms with Crippen LogP contribution in [0.3, 0.4) is 0 Å². The van der Waals surface area contributed by atoms with E-state index in [4.69, 9.17) is 15.0 Å². The number of aromatic nitrogens is 3. The van der Waals surface area contributed by atoms with Crippen LogP contribution in [0.4, 0.5) is 11.1 Å². The fourth-order valence-corrected chi connectivity index (χ4v) is 4.23. The highest BCUT2D eigenvalue weighted by molar-refractivity contribution is 7.14. The van der Waals surface area contributed by atoms with E-state index in [1.54, 1.807) is 11.3 Å². The van der Waals surface area contributed by atoms with Crippen molar-refractivity contribution in [1.29, 1.82) is 0 Å². The van der Waals surface area contributed by atoms with E-state index in [-0.39, 0.29) is 0 Å². The van der Waals surface area contributed by atoms with Gasteiger partial charge in [-0.15, -0.1) is 11.3 Å². The molecule has 5 nitrogen and oxygen atoms in total. The zero-order valence-electron chi connectivity index (χ0n) is 16.1. The van der Waals surface area contributed by atoms with E-state index in [1.807, 2.05) is 18.2 Å². The van der Waals surface area contributed by atoms with Gasteiger partial charge in [-0.3, -0.25) is 0 Å². The van der Waals surface area contributed by atoms with Gasteiger partial charge >= 0.3 is 0 Å². The molecular weight excluding hydrogens is 378 g/mol. The Morgan fingerprint density at radius 2 is 1.76 bits per heavy atom. The summed E-state index contributed by atoms with van der Waals surface area (Å²) in [5.41, 5.74) is 7.71. The summed E-state index contributed by atoms with van der Waals surface area (Å²) in [5, 5.41) is 9.63. The van der Waals surface area contributed by atoms with Crippen molar-refractivity contribution in [2.24, 2.45) is 0 Å². The van der Waals surface area contributed by atoms with Crippen molar-refractivity contribution in [3.05, 3.63) is 76.8 Å². The van der Waals surface area contributed by atoms with Crippen LogP contribution in [0.25, 0.3) is 22.5 Å². The molecule has 5 rings (SSSR count). The summed E-state index contributed by atoms with van der Waals surface area (Å²) in [6, 6.07) is 18.7. The minimum atomic E-state index is 0.606. The Hall–Kier alpha value is -3.09. The summed E-state index contributed by atoms with van der Waals surface area (Å²) in [6.45, 7) is 3.83. The van der Waals surface area contributed by atoms with Crippen LogP contribution in [0, 0.1) is 6.92 Å². The van der Waals surface area contributed by atoms with E-state index < -0.39 is 0 Å². The average molecular weight is 400 g/mol. The summed E-state index contributed by atoms with van der Waals surface area (Å²) in [4.78, 5) is 14.4. The summed E-state index contributed by atoms with van der Waals surface area (Å²) >= 11 is 1.57. The van der Waals surface area contributed by atoms with Gasteiger partial charge in [0, 0.05) is 41.6 Å². The van der Waals surface area contributed by atoms with Crippen LogP contribution in [-0.4, -0.2) is 21.5 Å². The number of benzene rings is 2. The largest absolute Gasteiger partial charge is 0.312 e. The predicted molar refractivity (Wildman–Crippen MR) is 118 cm³/mol. The second-order valence-electron chi connectivity index (χ2n) is 7.14. The SMILES string of the molecule is Cc1ccc(-c2csc(Nc3nc4c(c(-c5ccccc5)n3)CNCC4)n2)cc1. The number of anilines is 2. The lowest BCUT2D eigenvalue weighted by molar-refractivity contribution is 0.628. The standard InChI is InChI=1S/C23H21N5S/c1-15-7-9-16(10-8-15)20-14-29-23(26-20)28-22-25-19-11-12-24-13-18(19)21(27-22)17-5-3-2-4-6-17/h2-10,14,24H,11-13H2,1H3,(H,25,26,27,28). The number of aryl methyl sites for hydroxylation is 1. The molecule has 0 spiro atoms. The fourth-order valence-electron chi connectivity index (χ4n) is 3.52. The first kappa shape index (κ1) is 18.0. The maximum absolute atomic E-state index is 4.85. The Morgan fingerprint density at radius 1 is 0.931 bits per heavy atom. The zero-order chi connectivity index (χ0) is 19.6. The van der Waals surface area contributed by atoms with Crippen LogP contribution in [0.1, 0.15) is 16.8 Å². The van der Waals surface area contributed by atoms with E-state index >= 15 is 0 Å². The number of thiazole rings is 1. The van der Waals surface area contributed by atoms with Crippen LogP contribution in [0.5, 0.6) is 0 Å². The third kappa shape index (κ3) is 3.77. The molecule has 0 bridgehead atoms. The third-order valence-electron chi connectivity index (χ3n) is 5.05. The highest BCUT2D eigenvalue weighted by Crippen LogP contribution is 2.30. The number of fused-ring (bicyclic) bond motifs is 1. The molecule has 4 aromatic rings. The molecule has 3 heterocycles. The molecular formula is C23H21N5S. The minimum absolute atomic E-state index is 0.606. The predicted octanol–water partition coefficient (Wildman–Crippen LogP) is 4.96. The Bertz CT molecular complexity index is 1140. The van der Waals surface area contributed by atoms with Crippen molar-refractivity contribution in [3.63, 3.8) is 0 Å². The van der Waals surface area contributed by atoms with E-state index in [0.29, 0.717) is 5.95 Å². The number of nitrogens with one attached hydrogen (secondary N) is 2. The molecule has 0 saturated heterocycles. The molecule has 2 aromatic heterocycles. The van der Waals surface area contributed by atoms with Gasteiger partial charge < -0.3 is 10.6 Å². The van der Waals surface area contributed by atoms with Crippen molar-refractivity contribution in [1.82, 2.24) is 20.3 Å². The normalized spacial score (nSPS) is 13.1. The molecule has 0 radical (unpaired) electrons. The lowest BCUT2D eigenvalue weighted by Crippen LogP contribution is -2.26. The molecule has 1 aliphatic heterocycles. The maximum Gasteiger partial charge on any atom is 0.229 e. The Balaban J connectivity index is 1.48. The summed E-state index contributed by atoms with van der Waals surface area (Å²) < 4.78 is 0. The van der Waals surface area contributed by atoms with Crippen LogP contribution in [0.15, 0.2) is 60.0 Å². The van der Waals surface area contributed by atoms with Crippen LogP contribution in [-0.2, 0) is 13.0 Å². The van der Waals surface area contributed by atoms with Crippen molar-refractivity contribution in [2.45, 2.75) is 19.9 Å². The first-order valence-corrected chi connectivity index (χ1v) is 10.6. The smallest absolute Gasteiger partial charge is 0.229 e. The molecule has 0 saturated carbocycles. The Kier molecular flexibility index (Phi) is 4.79. The monoisotopic (exact) mass is 399 g/mol. The van der Waals surface area contributed by atoms with E-state index in [0.717, 1.165) is 52.9 Å². The zero-order valence-corrected chi connectivity index (χ0v) is 17.0. The van der Waals surface area contributed by atoms with Crippen molar-refractivity contribution in [2.75, 3.05) is 11.9 Å². The molecule has 1 aliphatic rings. The first-order chi connectivity index (χ1) is 14.3. The van der Waals surface area contributed by atoms with Gasteiger partial charge in [0.25, 0.3) is 0 Å². The third-order valence-corrected chi connectivity index (χ3v) is 5.81. The van der Waals surface area contributed by atoms with Gasteiger partial charge in [0.05, 0.1) is 17.1 Å². The summed E-state index contributed by atoms with van der Waals surface area (Å²) in [6.07, 6.45) is 0.902. The molecule has 0 amide bonds. The molecule has 0 fully saturated rings. The Morgan fingerprint density at radius 3 is 2.59 bits per heavy atom. The van der Waals surface area contributed by atoms with Gasteiger partial charge in [-0.2, -0.15) is 0 Å². The quantitative estimate of drug-likeness (QED) is 0.508. The molecule has 6 heteroatoms. The number of rotatable bonds is 4. The minimum Gasteiger partial charge on any atom is -0.312 e. The van der Waals surface area contributed by atoms with Crippen LogP contribution < -0.4 is 10.6 Å². The second-order valence-corrected chi connectivity index (χ2v) is 8.00. The second kappa shape index (κ2) is 7.73. The molecule has 0 unspecified atom stereocenters. The summed E-state index contributed by atoms with van der Waals surface area (Å²) in [7, 11) is 0. The lowest BCUT2D eigenvalue weighted by atomic mass is 10.0. The maximum atomic E-state index is 4.85. The van der Waals surface area contributed by atoms with Crippen molar-refractivity contribution >= 4 is 22.4 Å². The van der Waals surface area contributed by atoms with Gasteiger partial charge in [0.2, 0.25) is 5.95 Å². The van der Waals surface area contributed by atoms with Gasteiger partial charge in [0.1, 0.15) is 0 Å². The van der Waals surface area contributed by atoms with Gasteiger partial charge in [-0.1, -0.05) is 60.2 Å². The molecule has 0 aliphatic carbocycles. The van der Waals surface area contributed by atoms with E-state index in [2.05, 4.69) is 59.3 Å². The summed E-state index contributed by atoms with van der Waals surface area (Å²) in [5.74, 6) is 0.606. The topological polar surface area (TPSA) is 62.7 Å². The number of hydrogen-bond donors (Lipinski definition) is 2.